The minimum absolute atomic E-state index is 0.0285. The third-order valence-electron chi connectivity index (χ3n) is 4.49. The summed E-state index contributed by atoms with van der Waals surface area (Å²) in [4.78, 5) is 49.6. The third kappa shape index (κ3) is 6.28. The van der Waals surface area contributed by atoms with Crippen molar-refractivity contribution in [3.05, 3.63) is 82.0 Å². The van der Waals surface area contributed by atoms with Crippen LogP contribution in [0.15, 0.2) is 59.4 Å². The number of benzene rings is 2. The van der Waals surface area contributed by atoms with E-state index in [2.05, 4.69) is 10.4 Å². The third-order valence-corrected chi connectivity index (χ3v) is 4.49. The quantitative estimate of drug-likeness (QED) is 0.461. The van der Waals surface area contributed by atoms with E-state index in [4.69, 9.17) is 14.2 Å². The topological polar surface area (TPSA) is 126 Å². The Morgan fingerprint density at radius 3 is 2.31 bits per heavy atom. The van der Waals surface area contributed by atoms with Crippen LogP contribution in [0.4, 0.5) is 10.1 Å². The smallest absolute Gasteiger partial charge is 0.362 e. The van der Waals surface area contributed by atoms with Gasteiger partial charge in [-0.1, -0.05) is 12.1 Å². The molecule has 0 saturated heterocycles. The first-order chi connectivity index (χ1) is 16.8. The first kappa shape index (κ1) is 25.1. The van der Waals surface area contributed by atoms with Gasteiger partial charge in [-0.2, -0.15) is 9.78 Å². The number of rotatable bonds is 9. The molecular formula is C24H22FN3O7. The molecule has 10 nitrogen and oxygen atoms in total. The number of nitrogens with one attached hydrogen (secondary N) is 1. The summed E-state index contributed by atoms with van der Waals surface area (Å²) in [5.74, 6) is -2.95. The second kappa shape index (κ2) is 11.5. The summed E-state index contributed by atoms with van der Waals surface area (Å²) >= 11 is 0. The monoisotopic (exact) mass is 483 g/mol. The van der Waals surface area contributed by atoms with Crippen molar-refractivity contribution < 1.29 is 33.0 Å². The molecule has 3 aromatic rings. The molecular weight excluding hydrogens is 461 g/mol. The van der Waals surface area contributed by atoms with Gasteiger partial charge in [0.05, 0.1) is 36.2 Å². The van der Waals surface area contributed by atoms with Crippen LogP contribution in [0.1, 0.15) is 34.7 Å². The highest BCUT2D eigenvalue weighted by Gasteiger charge is 2.21. The van der Waals surface area contributed by atoms with Gasteiger partial charge < -0.3 is 19.5 Å². The Balaban J connectivity index is 1.83. The van der Waals surface area contributed by atoms with Crippen LogP contribution < -0.4 is 15.6 Å². The summed E-state index contributed by atoms with van der Waals surface area (Å²) in [5.41, 5.74) is -0.474. The van der Waals surface area contributed by atoms with E-state index in [9.17, 15) is 23.6 Å². The molecule has 0 spiro atoms. The largest absolute Gasteiger partial charge is 0.481 e. The van der Waals surface area contributed by atoms with Gasteiger partial charge in [-0.15, -0.1) is 0 Å². The van der Waals surface area contributed by atoms with E-state index in [1.807, 2.05) is 0 Å². The van der Waals surface area contributed by atoms with Crippen LogP contribution in [-0.2, 0) is 14.3 Å². The van der Waals surface area contributed by atoms with E-state index in [0.717, 1.165) is 22.9 Å². The van der Waals surface area contributed by atoms with Gasteiger partial charge >= 0.3 is 11.9 Å². The number of ether oxygens (including phenoxy) is 3. The first-order valence-corrected chi connectivity index (χ1v) is 10.6. The molecule has 3 rings (SSSR count). The van der Waals surface area contributed by atoms with Gasteiger partial charge in [0, 0.05) is 0 Å². The Hall–Kier alpha value is -4.54. The first-order valence-electron chi connectivity index (χ1n) is 10.6. The van der Waals surface area contributed by atoms with Crippen molar-refractivity contribution in [2.75, 3.05) is 25.1 Å². The van der Waals surface area contributed by atoms with Crippen LogP contribution in [0.25, 0.3) is 5.69 Å². The van der Waals surface area contributed by atoms with Crippen molar-refractivity contribution in [2.45, 2.75) is 13.8 Å². The highest BCUT2D eigenvalue weighted by molar-refractivity contribution is 6.01. The zero-order chi connectivity index (χ0) is 25.4. The fourth-order valence-electron chi connectivity index (χ4n) is 2.97. The Bertz CT molecular complexity index is 1290. The predicted octanol–water partition coefficient (Wildman–Crippen LogP) is 2.74. The number of carbonyl (C=O) groups is 3. The Kier molecular flexibility index (Phi) is 8.28. The summed E-state index contributed by atoms with van der Waals surface area (Å²) in [6, 6.07) is 12.1. The maximum absolute atomic E-state index is 13.2. The molecule has 1 heterocycles. The highest BCUT2D eigenvalue weighted by atomic mass is 19.1. The number of hydrogen-bond donors (Lipinski definition) is 1. The number of carbonyl (C=O) groups excluding carboxylic acids is 3. The maximum atomic E-state index is 13.2. The second-order valence-electron chi connectivity index (χ2n) is 6.91. The fraction of sp³-hybridized carbons (Fsp3) is 0.208. The van der Waals surface area contributed by atoms with Gasteiger partial charge in [0.1, 0.15) is 5.82 Å². The van der Waals surface area contributed by atoms with E-state index in [-0.39, 0.29) is 41.6 Å². The molecule has 0 aliphatic heterocycles. The van der Waals surface area contributed by atoms with Crippen LogP contribution in [0.2, 0.25) is 0 Å². The Labute approximate surface area is 199 Å². The van der Waals surface area contributed by atoms with Crippen LogP contribution in [0, 0.1) is 5.82 Å². The van der Waals surface area contributed by atoms with Gasteiger partial charge in [-0.3, -0.25) is 9.59 Å². The molecule has 0 atom stereocenters. The van der Waals surface area contributed by atoms with Crippen molar-refractivity contribution in [1.29, 1.82) is 0 Å². The van der Waals surface area contributed by atoms with Gasteiger partial charge in [0.15, 0.2) is 12.4 Å². The number of amides is 1. The Morgan fingerprint density at radius 1 is 0.971 bits per heavy atom. The van der Waals surface area contributed by atoms with E-state index >= 15 is 0 Å². The molecule has 35 heavy (non-hydrogen) atoms. The molecule has 2 aromatic carbocycles. The van der Waals surface area contributed by atoms with Gasteiger partial charge in [-0.25, -0.2) is 14.0 Å². The average Bonchev–Trinajstić information content (AvgIpc) is 2.84. The van der Waals surface area contributed by atoms with Crippen molar-refractivity contribution in [3.63, 3.8) is 0 Å². The Morgan fingerprint density at radius 2 is 1.63 bits per heavy atom. The minimum Gasteiger partial charge on any atom is -0.481 e. The van der Waals surface area contributed by atoms with Gasteiger partial charge in [-0.05, 0) is 50.2 Å². The lowest BCUT2D eigenvalue weighted by atomic mass is 10.2. The van der Waals surface area contributed by atoms with Crippen LogP contribution in [0.3, 0.4) is 0 Å². The van der Waals surface area contributed by atoms with E-state index in [1.165, 1.54) is 24.3 Å². The molecule has 0 radical (unpaired) electrons. The van der Waals surface area contributed by atoms with Crippen LogP contribution >= 0.6 is 0 Å². The summed E-state index contributed by atoms with van der Waals surface area (Å²) in [6.45, 7) is 2.83. The van der Waals surface area contributed by atoms with Crippen molar-refractivity contribution in [1.82, 2.24) is 9.78 Å². The maximum Gasteiger partial charge on any atom is 0.362 e. The predicted molar refractivity (Wildman–Crippen MR) is 122 cm³/mol. The molecule has 0 unspecified atom stereocenters. The lowest BCUT2D eigenvalue weighted by molar-refractivity contribution is -0.118. The van der Waals surface area contributed by atoms with Gasteiger partial charge in [0.2, 0.25) is 5.69 Å². The molecule has 0 bridgehead atoms. The van der Waals surface area contributed by atoms with E-state index < -0.39 is 35.8 Å². The number of halogens is 1. The highest BCUT2D eigenvalue weighted by Crippen LogP contribution is 2.18. The number of aromatic nitrogens is 2. The fourth-order valence-corrected chi connectivity index (χ4v) is 2.97. The van der Waals surface area contributed by atoms with Crippen LogP contribution in [0.5, 0.6) is 5.75 Å². The lowest BCUT2D eigenvalue weighted by Gasteiger charge is -2.13. The SMILES string of the molecule is CCOC(=O)c1ccccc1NC(=O)COc1cc(=O)n(-c2ccc(F)cc2)nc1C(=O)OCC. The molecule has 182 valence electrons. The molecule has 0 saturated carbocycles. The summed E-state index contributed by atoms with van der Waals surface area (Å²) in [6.07, 6.45) is 0. The standard InChI is InChI=1S/C24H22FN3O7/c1-3-33-23(31)17-7-5-6-8-18(17)26-20(29)14-35-19-13-21(30)28(16-11-9-15(25)10-12-16)27-22(19)24(32)34-4-2/h5-13H,3-4,14H2,1-2H3,(H,26,29). The molecule has 0 fully saturated rings. The zero-order valence-corrected chi connectivity index (χ0v) is 18.9. The van der Waals surface area contributed by atoms with Gasteiger partial charge in [0.25, 0.3) is 11.5 Å². The molecule has 0 aliphatic carbocycles. The number of para-hydroxylation sites is 1. The van der Waals surface area contributed by atoms with Crippen LogP contribution in [-0.4, -0.2) is 47.4 Å². The lowest BCUT2D eigenvalue weighted by Crippen LogP contribution is -2.27. The average molecular weight is 483 g/mol. The second-order valence-corrected chi connectivity index (χ2v) is 6.91. The molecule has 11 heteroatoms. The van der Waals surface area contributed by atoms with Crippen molar-refractivity contribution in [3.8, 4) is 11.4 Å². The van der Waals surface area contributed by atoms with Crippen molar-refractivity contribution >= 4 is 23.5 Å². The van der Waals surface area contributed by atoms with E-state index in [0.29, 0.717) is 0 Å². The zero-order valence-electron chi connectivity index (χ0n) is 18.9. The summed E-state index contributed by atoms with van der Waals surface area (Å²) in [7, 11) is 0. The van der Waals surface area contributed by atoms with Crippen molar-refractivity contribution in [2.24, 2.45) is 0 Å². The normalized spacial score (nSPS) is 10.4. The molecule has 1 N–H and O–H groups in total. The molecule has 1 amide bonds. The number of anilines is 1. The minimum atomic E-state index is -0.883. The molecule has 1 aromatic heterocycles. The number of nitrogens with zero attached hydrogens (tertiary/aromatic N) is 2. The summed E-state index contributed by atoms with van der Waals surface area (Å²) < 4.78 is 29.5. The number of hydrogen-bond acceptors (Lipinski definition) is 8. The number of esters is 2. The van der Waals surface area contributed by atoms with E-state index in [1.54, 1.807) is 26.0 Å². The molecule has 0 aliphatic rings. The summed E-state index contributed by atoms with van der Waals surface area (Å²) in [5, 5.41) is 6.53.